The molecule has 0 bridgehead atoms. The molecular formula is C13H19N3O3. The Bertz CT molecular complexity index is 495. The van der Waals surface area contributed by atoms with Gasteiger partial charge in [0.15, 0.2) is 0 Å². The van der Waals surface area contributed by atoms with Crippen molar-refractivity contribution in [3.8, 4) is 0 Å². The first-order valence-corrected chi connectivity index (χ1v) is 6.47. The highest BCUT2D eigenvalue weighted by atomic mass is 16.4. The van der Waals surface area contributed by atoms with E-state index < -0.39 is 5.97 Å². The fourth-order valence-corrected chi connectivity index (χ4v) is 2.49. The van der Waals surface area contributed by atoms with Gasteiger partial charge in [0.25, 0.3) is 0 Å². The zero-order valence-corrected chi connectivity index (χ0v) is 11.2. The third kappa shape index (κ3) is 2.94. The van der Waals surface area contributed by atoms with E-state index in [2.05, 4.69) is 10.4 Å². The minimum absolute atomic E-state index is 0.0491. The normalized spacial score (nSPS) is 22.4. The Kier molecular flexibility index (Phi) is 3.87. The molecule has 6 nitrogen and oxygen atoms in total. The Morgan fingerprint density at radius 1 is 1.47 bits per heavy atom. The number of rotatable bonds is 4. The summed E-state index contributed by atoms with van der Waals surface area (Å²) in [6, 6.07) is 0. The summed E-state index contributed by atoms with van der Waals surface area (Å²) in [4.78, 5) is 22.8. The standard InChI is InChI=1S/C13H19N3O3/c1-8-11(7-15-16(8)2)6-14-12(17)9-3-4-10(5-9)13(18)19/h7,9-10H,3-6H2,1-2H3,(H,14,17)(H,18,19). The third-order valence-corrected chi connectivity index (χ3v) is 3.94. The summed E-state index contributed by atoms with van der Waals surface area (Å²) in [5.74, 6) is -1.38. The van der Waals surface area contributed by atoms with Crippen LogP contribution in [0.15, 0.2) is 6.20 Å². The summed E-state index contributed by atoms with van der Waals surface area (Å²) in [5.41, 5.74) is 2.01. The Hall–Kier alpha value is -1.85. The first-order valence-electron chi connectivity index (χ1n) is 6.47. The molecule has 0 aromatic carbocycles. The molecule has 6 heteroatoms. The number of carbonyl (C=O) groups excluding carboxylic acids is 1. The second-order valence-corrected chi connectivity index (χ2v) is 5.14. The lowest BCUT2D eigenvalue weighted by molar-refractivity contribution is -0.141. The number of aryl methyl sites for hydroxylation is 1. The molecule has 0 radical (unpaired) electrons. The number of carbonyl (C=O) groups is 2. The predicted molar refractivity (Wildman–Crippen MR) is 68.3 cm³/mol. The quantitative estimate of drug-likeness (QED) is 0.845. The van der Waals surface area contributed by atoms with E-state index in [9.17, 15) is 9.59 Å². The van der Waals surface area contributed by atoms with Crippen molar-refractivity contribution in [3.63, 3.8) is 0 Å². The van der Waals surface area contributed by atoms with Gasteiger partial charge in [-0.15, -0.1) is 0 Å². The molecule has 2 atom stereocenters. The molecule has 2 N–H and O–H groups in total. The fraction of sp³-hybridized carbons (Fsp3) is 0.615. The van der Waals surface area contributed by atoms with Crippen LogP contribution in [-0.2, 0) is 23.2 Å². The summed E-state index contributed by atoms with van der Waals surface area (Å²) in [7, 11) is 1.86. The smallest absolute Gasteiger partial charge is 0.306 e. The summed E-state index contributed by atoms with van der Waals surface area (Å²) >= 11 is 0. The highest BCUT2D eigenvalue weighted by molar-refractivity contribution is 5.80. The maximum absolute atomic E-state index is 12.0. The van der Waals surface area contributed by atoms with E-state index in [0.29, 0.717) is 25.8 Å². The van der Waals surface area contributed by atoms with Crippen LogP contribution in [0.3, 0.4) is 0 Å². The lowest BCUT2D eigenvalue weighted by Gasteiger charge is -2.10. The molecule has 1 aromatic rings. The molecule has 2 rings (SSSR count). The molecule has 0 spiro atoms. The molecule has 1 aliphatic rings. The molecule has 0 aliphatic heterocycles. The number of carboxylic acid groups (broad SMARTS) is 1. The predicted octanol–water partition coefficient (Wildman–Crippen LogP) is 0.846. The Labute approximate surface area is 111 Å². The number of hydrogen-bond acceptors (Lipinski definition) is 3. The molecule has 1 aromatic heterocycles. The number of aromatic nitrogens is 2. The van der Waals surface area contributed by atoms with Crippen molar-refractivity contribution in [3.05, 3.63) is 17.5 Å². The minimum Gasteiger partial charge on any atom is -0.481 e. The van der Waals surface area contributed by atoms with Gasteiger partial charge in [-0.25, -0.2) is 0 Å². The van der Waals surface area contributed by atoms with E-state index in [-0.39, 0.29) is 17.7 Å². The van der Waals surface area contributed by atoms with Gasteiger partial charge in [-0.05, 0) is 26.2 Å². The van der Waals surface area contributed by atoms with Crippen molar-refractivity contribution in [2.75, 3.05) is 0 Å². The summed E-state index contributed by atoms with van der Waals surface area (Å²) in [6.07, 6.45) is 3.45. The van der Waals surface area contributed by atoms with Gasteiger partial charge >= 0.3 is 5.97 Å². The second-order valence-electron chi connectivity index (χ2n) is 5.14. The van der Waals surface area contributed by atoms with Crippen LogP contribution in [0.5, 0.6) is 0 Å². The topological polar surface area (TPSA) is 84.2 Å². The van der Waals surface area contributed by atoms with Crippen LogP contribution in [0.2, 0.25) is 0 Å². The van der Waals surface area contributed by atoms with Gasteiger partial charge in [-0.3, -0.25) is 14.3 Å². The first kappa shape index (κ1) is 13.6. The number of aliphatic carboxylic acids is 1. The van der Waals surface area contributed by atoms with Gasteiger partial charge in [-0.1, -0.05) is 0 Å². The van der Waals surface area contributed by atoms with E-state index in [4.69, 9.17) is 5.11 Å². The molecular weight excluding hydrogens is 246 g/mol. The van der Waals surface area contributed by atoms with Gasteiger partial charge < -0.3 is 10.4 Å². The number of nitrogens with zero attached hydrogens (tertiary/aromatic N) is 2. The zero-order chi connectivity index (χ0) is 14.0. The van der Waals surface area contributed by atoms with Crippen molar-refractivity contribution in [2.24, 2.45) is 18.9 Å². The third-order valence-electron chi connectivity index (χ3n) is 3.94. The van der Waals surface area contributed by atoms with Crippen LogP contribution in [0.1, 0.15) is 30.5 Å². The SMILES string of the molecule is Cc1c(CNC(=O)C2CCC(C(=O)O)C2)cnn1C. The van der Waals surface area contributed by atoms with Gasteiger partial charge in [0, 0.05) is 30.8 Å². The molecule has 1 amide bonds. The average Bonchev–Trinajstić information content (AvgIpc) is 2.97. The molecule has 1 saturated carbocycles. The molecule has 2 unspecified atom stereocenters. The van der Waals surface area contributed by atoms with Crippen molar-refractivity contribution in [2.45, 2.75) is 32.7 Å². The maximum atomic E-state index is 12.0. The first-order chi connectivity index (χ1) is 8.99. The maximum Gasteiger partial charge on any atom is 0.306 e. The van der Waals surface area contributed by atoms with Crippen molar-refractivity contribution < 1.29 is 14.7 Å². The van der Waals surface area contributed by atoms with Crippen LogP contribution in [0, 0.1) is 18.8 Å². The van der Waals surface area contributed by atoms with Gasteiger partial charge in [0.2, 0.25) is 5.91 Å². The van der Waals surface area contributed by atoms with Crippen molar-refractivity contribution in [1.82, 2.24) is 15.1 Å². The van der Waals surface area contributed by atoms with Gasteiger partial charge in [0.1, 0.15) is 0 Å². The Morgan fingerprint density at radius 3 is 2.68 bits per heavy atom. The van der Waals surface area contributed by atoms with Crippen LogP contribution in [0.4, 0.5) is 0 Å². The largest absolute Gasteiger partial charge is 0.481 e. The minimum atomic E-state index is -0.793. The van der Waals surface area contributed by atoms with E-state index in [1.54, 1.807) is 10.9 Å². The van der Waals surface area contributed by atoms with E-state index in [1.165, 1.54) is 0 Å². The van der Waals surface area contributed by atoms with E-state index >= 15 is 0 Å². The van der Waals surface area contributed by atoms with Gasteiger partial charge in [0.05, 0.1) is 12.1 Å². The van der Waals surface area contributed by atoms with Crippen LogP contribution < -0.4 is 5.32 Å². The Balaban J connectivity index is 1.85. The molecule has 1 heterocycles. The summed E-state index contributed by atoms with van der Waals surface area (Å²) < 4.78 is 1.76. The van der Waals surface area contributed by atoms with Crippen LogP contribution in [0.25, 0.3) is 0 Å². The molecule has 0 saturated heterocycles. The highest BCUT2D eigenvalue weighted by Gasteiger charge is 2.33. The fourth-order valence-electron chi connectivity index (χ4n) is 2.49. The molecule has 19 heavy (non-hydrogen) atoms. The lowest BCUT2D eigenvalue weighted by atomic mass is 10.0. The monoisotopic (exact) mass is 265 g/mol. The van der Waals surface area contributed by atoms with Crippen LogP contribution >= 0.6 is 0 Å². The molecule has 1 aliphatic carbocycles. The van der Waals surface area contributed by atoms with Crippen molar-refractivity contribution in [1.29, 1.82) is 0 Å². The lowest BCUT2D eigenvalue weighted by Crippen LogP contribution is -2.29. The van der Waals surface area contributed by atoms with Crippen LogP contribution in [-0.4, -0.2) is 26.8 Å². The number of amides is 1. The number of nitrogens with one attached hydrogen (secondary N) is 1. The molecule has 1 fully saturated rings. The van der Waals surface area contributed by atoms with E-state index in [1.807, 2.05) is 14.0 Å². The highest BCUT2D eigenvalue weighted by Crippen LogP contribution is 2.31. The second kappa shape index (κ2) is 5.42. The Morgan fingerprint density at radius 2 is 2.16 bits per heavy atom. The number of carboxylic acids is 1. The van der Waals surface area contributed by atoms with Gasteiger partial charge in [-0.2, -0.15) is 5.10 Å². The van der Waals surface area contributed by atoms with Crippen molar-refractivity contribution >= 4 is 11.9 Å². The number of hydrogen-bond donors (Lipinski definition) is 2. The van der Waals surface area contributed by atoms with E-state index in [0.717, 1.165) is 11.3 Å². The molecule has 104 valence electrons. The zero-order valence-electron chi connectivity index (χ0n) is 11.2. The summed E-state index contributed by atoms with van der Waals surface area (Å²) in [6.45, 7) is 2.40. The average molecular weight is 265 g/mol. The summed E-state index contributed by atoms with van der Waals surface area (Å²) in [5, 5.41) is 15.9.